The van der Waals surface area contributed by atoms with Crippen molar-refractivity contribution in [3.8, 4) is 0 Å². The lowest BCUT2D eigenvalue weighted by Crippen LogP contribution is -2.41. The maximum Gasteiger partial charge on any atom is 0.226 e. The van der Waals surface area contributed by atoms with Gasteiger partial charge >= 0.3 is 0 Å². The van der Waals surface area contributed by atoms with E-state index in [9.17, 15) is 4.79 Å². The van der Waals surface area contributed by atoms with Gasteiger partial charge in [0.05, 0.1) is 19.1 Å². The molecule has 2 aromatic carbocycles. The summed E-state index contributed by atoms with van der Waals surface area (Å²) >= 11 is 0. The quantitative estimate of drug-likeness (QED) is 0.860. The zero-order valence-corrected chi connectivity index (χ0v) is 13.9. The number of anilines is 1. The molecule has 1 saturated heterocycles. The number of ether oxygens (including phenoxy) is 1. The maximum absolute atomic E-state index is 12.4. The standard InChI is InChI=1S/C20H24N2O2/c21-18-8-6-16(7-9-18)14-20(23)22-12-10-19(11-13-22)24-15-17-4-2-1-3-5-17/h1-9,19H,10-15,21H2. The summed E-state index contributed by atoms with van der Waals surface area (Å²) in [7, 11) is 0. The predicted octanol–water partition coefficient (Wildman–Crippen LogP) is 3.02. The Balaban J connectivity index is 1.42. The summed E-state index contributed by atoms with van der Waals surface area (Å²) in [5, 5.41) is 0. The van der Waals surface area contributed by atoms with Crippen molar-refractivity contribution in [1.29, 1.82) is 0 Å². The van der Waals surface area contributed by atoms with Crippen LogP contribution in [0.15, 0.2) is 54.6 Å². The number of amides is 1. The van der Waals surface area contributed by atoms with Crippen molar-refractivity contribution in [2.75, 3.05) is 18.8 Å². The summed E-state index contributed by atoms with van der Waals surface area (Å²) in [5.74, 6) is 0.182. The molecule has 0 bridgehead atoms. The number of rotatable bonds is 5. The number of piperidine rings is 1. The molecule has 1 aliphatic rings. The summed E-state index contributed by atoms with van der Waals surface area (Å²) in [6, 6.07) is 17.7. The summed E-state index contributed by atoms with van der Waals surface area (Å²) in [4.78, 5) is 14.3. The number of nitrogens with zero attached hydrogens (tertiary/aromatic N) is 1. The van der Waals surface area contributed by atoms with Crippen molar-refractivity contribution in [3.63, 3.8) is 0 Å². The average molecular weight is 324 g/mol. The van der Waals surface area contributed by atoms with E-state index < -0.39 is 0 Å². The highest BCUT2D eigenvalue weighted by Crippen LogP contribution is 2.17. The van der Waals surface area contributed by atoms with E-state index >= 15 is 0 Å². The molecule has 0 aromatic heterocycles. The molecule has 1 amide bonds. The molecular weight excluding hydrogens is 300 g/mol. The fourth-order valence-corrected chi connectivity index (χ4v) is 2.98. The molecule has 0 radical (unpaired) electrons. The summed E-state index contributed by atoms with van der Waals surface area (Å²) in [6.45, 7) is 2.19. The molecule has 1 heterocycles. The van der Waals surface area contributed by atoms with Crippen LogP contribution in [-0.2, 0) is 22.6 Å². The SMILES string of the molecule is Nc1ccc(CC(=O)N2CCC(OCc3ccccc3)CC2)cc1. The number of hydrogen-bond acceptors (Lipinski definition) is 3. The van der Waals surface area contributed by atoms with E-state index in [1.807, 2.05) is 47.4 Å². The normalized spacial score (nSPS) is 15.4. The van der Waals surface area contributed by atoms with E-state index in [0.717, 1.165) is 37.2 Å². The van der Waals surface area contributed by atoms with Gasteiger partial charge in [0.15, 0.2) is 0 Å². The topological polar surface area (TPSA) is 55.6 Å². The first-order valence-electron chi connectivity index (χ1n) is 8.48. The minimum absolute atomic E-state index is 0.182. The van der Waals surface area contributed by atoms with Crippen molar-refractivity contribution in [1.82, 2.24) is 4.90 Å². The molecule has 4 nitrogen and oxygen atoms in total. The number of likely N-dealkylation sites (tertiary alicyclic amines) is 1. The minimum atomic E-state index is 0.182. The molecule has 24 heavy (non-hydrogen) atoms. The van der Waals surface area contributed by atoms with Crippen LogP contribution >= 0.6 is 0 Å². The second kappa shape index (κ2) is 7.97. The lowest BCUT2D eigenvalue weighted by Gasteiger charge is -2.32. The second-order valence-electron chi connectivity index (χ2n) is 6.30. The molecule has 4 heteroatoms. The number of carbonyl (C=O) groups excluding carboxylic acids is 1. The van der Waals surface area contributed by atoms with Gasteiger partial charge in [0.2, 0.25) is 5.91 Å². The molecule has 0 saturated carbocycles. The Hall–Kier alpha value is -2.33. The molecule has 1 fully saturated rings. The molecule has 1 aliphatic heterocycles. The summed E-state index contributed by atoms with van der Waals surface area (Å²) in [5.41, 5.74) is 8.61. The Kier molecular flexibility index (Phi) is 5.49. The van der Waals surface area contributed by atoms with Crippen LogP contribution in [0.5, 0.6) is 0 Å². The highest BCUT2D eigenvalue weighted by molar-refractivity contribution is 5.79. The average Bonchev–Trinajstić information content (AvgIpc) is 2.63. The summed E-state index contributed by atoms with van der Waals surface area (Å²) < 4.78 is 5.98. The van der Waals surface area contributed by atoms with Gasteiger partial charge in [-0.05, 0) is 36.1 Å². The fraction of sp³-hybridized carbons (Fsp3) is 0.350. The number of benzene rings is 2. The molecule has 0 spiro atoms. The number of nitrogen functional groups attached to an aromatic ring is 1. The maximum atomic E-state index is 12.4. The highest BCUT2D eigenvalue weighted by Gasteiger charge is 2.23. The minimum Gasteiger partial charge on any atom is -0.399 e. The Labute approximate surface area is 143 Å². The monoisotopic (exact) mass is 324 g/mol. The van der Waals surface area contributed by atoms with Gasteiger partial charge in [0.25, 0.3) is 0 Å². The first-order chi connectivity index (χ1) is 11.7. The Morgan fingerprint density at radius 2 is 1.67 bits per heavy atom. The van der Waals surface area contributed by atoms with Crippen LogP contribution in [0.4, 0.5) is 5.69 Å². The van der Waals surface area contributed by atoms with Gasteiger partial charge in [0.1, 0.15) is 0 Å². The first kappa shape index (κ1) is 16.5. The Morgan fingerprint density at radius 3 is 2.33 bits per heavy atom. The van der Waals surface area contributed by atoms with E-state index in [0.29, 0.717) is 13.0 Å². The zero-order chi connectivity index (χ0) is 16.8. The molecule has 2 N–H and O–H groups in total. The Bertz CT molecular complexity index is 647. The highest BCUT2D eigenvalue weighted by atomic mass is 16.5. The van der Waals surface area contributed by atoms with Gasteiger partial charge in [-0.2, -0.15) is 0 Å². The van der Waals surface area contributed by atoms with E-state index in [4.69, 9.17) is 10.5 Å². The van der Waals surface area contributed by atoms with Crippen LogP contribution in [0.3, 0.4) is 0 Å². The van der Waals surface area contributed by atoms with Crippen molar-refractivity contribution >= 4 is 11.6 Å². The van der Waals surface area contributed by atoms with E-state index in [2.05, 4.69) is 12.1 Å². The van der Waals surface area contributed by atoms with Crippen LogP contribution in [0.25, 0.3) is 0 Å². The number of carbonyl (C=O) groups is 1. The summed E-state index contributed by atoms with van der Waals surface area (Å²) in [6.07, 6.45) is 2.49. The lowest BCUT2D eigenvalue weighted by molar-refractivity contribution is -0.133. The second-order valence-corrected chi connectivity index (χ2v) is 6.30. The van der Waals surface area contributed by atoms with Gasteiger partial charge in [-0.25, -0.2) is 0 Å². The smallest absolute Gasteiger partial charge is 0.226 e. The van der Waals surface area contributed by atoms with Gasteiger partial charge in [-0.3, -0.25) is 4.79 Å². The van der Waals surface area contributed by atoms with Crippen LogP contribution in [-0.4, -0.2) is 30.0 Å². The van der Waals surface area contributed by atoms with Crippen molar-refractivity contribution in [2.45, 2.75) is 32.0 Å². The van der Waals surface area contributed by atoms with Crippen molar-refractivity contribution < 1.29 is 9.53 Å². The lowest BCUT2D eigenvalue weighted by atomic mass is 10.1. The fourth-order valence-electron chi connectivity index (χ4n) is 2.98. The molecular formula is C20H24N2O2. The van der Waals surface area contributed by atoms with Crippen LogP contribution < -0.4 is 5.73 Å². The molecule has 3 rings (SSSR count). The molecule has 0 atom stereocenters. The van der Waals surface area contributed by atoms with Gasteiger partial charge in [-0.1, -0.05) is 42.5 Å². The first-order valence-corrected chi connectivity index (χ1v) is 8.48. The molecule has 2 aromatic rings. The number of nitrogens with two attached hydrogens (primary N) is 1. The van der Waals surface area contributed by atoms with E-state index in [1.54, 1.807) is 0 Å². The van der Waals surface area contributed by atoms with Crippen molar-refractivity contribution in [3.05, 3.63) is 65.7 Å². The molecule has 0 aliphatic carbocycles. The van der Waals surface area contributed by atoms with Crippen LogP contribution in [0, 0.1) is 0 Å². The van der Waals surface area contributed by atoms with Gasteiger partial charge in [0, 0.05) is 18.8 Å². The third-order valence-corrected chi connectivity index (χ3v) is 4.46. The van der Waals surface area contributed by atoms with E-state index in [1.165, 1.54) is 5.56 Å². The van der Waals surface area contributed by atoms with Crippen molar-refractivity contribution in [2.24, 2.45) is 0 Å². The Morgan fingerprint density at radius 1 is 1.00 bits per heavy atom. The van der Waals surface area contributed by atoms with Crippen LogP contribution in [0.2, 0.25) is 0 Å². The van der Waals surface area contributed by atoms with Gasteiger partial charge < -0.3 is 15.4 Å². The third kappa shape index (κ3) is 4.59. The zero-order valence-electron chi connectivity index (χ0n) is 13.9. The van der Waals surface area contributed by atoms with E-state index in [-0.39, 0.29) is 12.0 Å². The van der Waals surface area contributed by atoms with Gasteiger partial charge in [-0.15, -0.1) is 0 Å². The third-order valence-electron chi connectivity index (χ3n) is 4.46. The molecule has 0 unspecified atom stereocenters. The molecule has 126 valence electrons. The van der Waals surface area contributed by atoms with Crippen LogP contribution in [0.1, 0.15) is 24.0 Å². The largest absolute Gasteiger partial charge is 0.399 e. The number of hydrogen-bond donors (Lipinski definition) is 1. The predicted molar refractivity (Wildman–Crippen MR) is 95.4 cm³/mol.